The van der Waals surface area contributed by atoms with Crippen molar-refractivity contribution < 1.29 is 0 Å². The zero-order chi connectivity index (χ0) is 9.68. The van der Waals surface area contributed by atoms with E-state index in [1.807, 2.05) is 0 Å². The number of nitrogens with two attached hydrogens (primary N) is 1. The van der Waals surface area contributed by atoms with Crippen LogP contribution >= 0.6 is 0 Å². The molecule has 1 heterocycles. The van der Waals surface area contributed by atoms with Crippen molar-refractivity contribution in [3.63, 3.8) is 0 Å². The lowest BCUT2D eigenvalue weighted by Gasteiger charge is -2.31. The lowest BCUT2D eigenvalue weighted by atomic mass is 9.98. The average molecular weight is 181 g/mol. The highest BCUT2D eigenvalue weighted by molar-refractivity contribution is 4.88. The Morgan fingerprint density at radius 1 is 1.69 bits per heavy atom. The molecule has 1 rings (SSSR count). The number of hydrogen-bond acceptors (Lipinski definition) is 3. The predicted molar refractivity (Wildman–Crippen MR) is 53.0 cm³/mol. The van der Waals surface area contributed by atoms with Crippen LogP contribution in [0, 0.1) is 23.2 Å². The van der Waals surface area contributed by atoms with Gasteiger partial charge in [-0.25, -0.2) is 0 Å². The van der Waals surface area contributed by atoms with Gasteiger partial charge in [-0.1, -0.05) is 6.92 Å². The third-order valence-corrected chi connectivity index (χ3v) is 2.66. The van der Waals surface area contributed by atoms with Crippen LogP contribution in [0.25, 0.3) is 0 Å². The van der Waals surface area contributed by atoms with Crippen molar-refractivity contribution in [3.05, 3.63) is 0 Å². The Kier molecular flexibility index (Phi) is 4.20. The molecule has 0 aliphatic carbocycles. The molecule has 0 radical (unpaired) electrons. The number of hydrogen-bond donors (Lipinski definition) is 1. The van der Waals surface area contributed by atoms with E-state index in [4.69, 9.17) is 11.0 Å². The summed E-state index contributed by atoms with van der Waals surface area (Å²) in [5.41, 5.74) is 5.56. The number of likely N-dealkylation sites (tertiary alicyclic amines) is 1. The minimum Gasteiger partial charge on any atom is -0.330 e. The summed E-state index contributed by atoms with van der Waals surface area (Å²) in [4.78, 5) is 2.37. The lowest BCUT2D eigenvalue weighted by molar-refractivity contribution is 0.178. The Bertz CT molecular complexity index is 185. The van der Waals surface area contributed by atoms with E-state index in [0.29, 0.717) is 5.92 Å². The van der Waals surface area contributed by atoms with E-state index >= 15 is 0 Å². The van der Waals surface area contributed by atoms with Crippen LogP contribution in [0.4, 0.5) is 0 Å². The lowest BCUT2D eigenvalue weighted by Crippen LogP contribution is -2.39. The van der Waals surface area contributed by atoms with E-state index in [-0.39, 0.29) is 5.92 Å². The second-order valence-corrected chi connectivity index (χ2v) is 4.07. The molecule has 2 unspecified atom stereocenters. The van der Waals surface area contributed by atoms with Gasteiger partial charge in [-0.15, -0.1) is 0 Å². The van der Waals surface area contributed by atoms with Crippen molar-refractivity contribution >= 4 is 0 Å². The molecule has 0 saturated carbocycles. The molecule has 3 heteroatoms. The highest BCUT2D eigenvalue weighted by Gasteiger charge is 2.19. The third kappa shape index (κ3) is 3.33. The van der Waals surface area contributed by atoms with E-state index < -0.39 is 0 Å². The summed E-state index contributed by atoms with van der Waals surface area (Å²) in [6, 6.07) is 2.35. The molecule has 3 nitrogen and oxygen atoms in total. The number of rotatable bonds is 3. The molecule has 13 heavy (non-hydrogen) atoms. The molecule has 2 atom stereocenters. The maximum absolute atomic E-state index is 8.80. The highest BCUT2D eigenvalue weighted by Crippen LogP contribution is 2.16. The van der Waals surface area contributed by atoms with Gasteiger partial charge in [-0.2, -0.15) is 5.26 Å². The maximum atomic E-state index is 8.80. The van der Waals surface area contributed by atoms with Crippen LogP contribution in [0.1, 0.15) is 19.8 Å². The van der Waals surface area contributed by atoms with Crippen molar-refractivity contribution in [1.29, 1.82) is 5.26 Å². The van der Waals surface area contributed by atoms with E-state index in [1.165, 1.54) is 0 Å². The Labute approximate surface area is 80.5 Å². The van der Waals surface area contributed by atoms with Gasteiger partial charge >= 0.3 is 0 Å². The summed E-state index contributed by atoms with van der Waals surface area (Å²) in [5, 5.41) is 8.80. The molecule has 0 aromatic rings. The maximum Gasteiger partial charge on any atom is 0.0669 e. The Balaban J connectivity index is 2.30. The molecule has 0 spiro atoms. The van der Waals surface area contributed by atoms with Crippen LogP contribution in [0.15, 0.2) is 0 Å². The fraction of sp³-hybridized carbons (Fsp3) is 0.900. The van der Waals surface area contributed by atoms with Crippen LogP contribution in [0.3, 0.4) is 0 Å². The van der Waals surface area contributed by atoms with Crippen molar-refractivity contribution in [2.24, 2.45) is 17.6 Å². The molecule has 0 aromatic carbocycles. The summed E-state index contributed by atoms with van der Waals surface area (Å²) in [6.07, 6.45) is 2.24. The fourth-order valence-electron chi connectivity index (χ4n) is 1.84. The normalized spacial score (nSPS) is 26.7. The zero-order valence-corrected chi connectivity index (χ0v) is 8.37. The van der Waals surface area contributed by atoms with Crippen molar-refractivity contribution in [2.45, 2.75) is 19.8 Å². The Hall–Kier alpha value is -0.590. The Morgan fingerprint density at radius 2 is 2.46 bits per heavy atom. The zero-order valence-electron chi connectivity index (χ0n) is 8.37. The molecule has 0 amide bonds. The van der Waals surface area contributed by atoms with Gasteiger partial charge in [0.1, 0.15) is 0 Å². The number of nitriles is 1. The van der Waals surface area contributed by atoms with Gasteiger partial charge < -0.3 is 10.6 Å². The van der Waals surface area contributed by atoms with E-state index in [0.717, 1.165) is 39.0 Å². The molecule has 1 aliphatic rings. The molecular formula is C10H19N3. The monoisotopic (exact) mass is 181 g/mol. The molecular weight excluding hydrogens is 162 g/mol. The molecule has 1 saturated heterocycles. The van der Waals surface area contributed by atoms with Gasteiger partial charge in [0.2, 0.25) is 0 Å². The standard InChI is InChI=1S/C10H19N3/c1-9(5-11)7-13-4-2-3-10(6-12)8-13/h9-10H,2-5,7-8,11H2,1H3. The molecule has 2 N–H and O–H groups in total. The Morgan fingerprint density at radius 3 is 3.08 bits per heavy atom. The number of piperidine rings is 1. The second-order valence-electron chi connectivity index (χ2n) is 4.07. The summed E-state index contributed by atoms with van der Waals surface area (Å²) < 4.78 is 0. The van der Waals surface area contributed by atoms with E-state index in [1.54, 1.807) is 0 Å². The molecule has 1 fully saturated rings. The first kappa shape index (κ1) is 10.5. The van der Waals surface area contributed by atoms with Crippen LogP contribution in [-0.2, 0) is 0 Å². The molecule has 1 aliphatic heterocycles. The quantitative estimate of drug-likeness (QED) is 0.701. The SMILES string of the molecule is CC(CN)CN1CCCC(C#N)C1. The summed E-state index contributed by atoms with van der Waals surface area (Å²) >= 11 is 0. The van der Waals surface area contributed by atoms with Crippen LogP contribution in [0.5, 0.6) is 0 Å². The minimum atomic E-state index is 0.249. The minimum absolute atomic E-state index is 0.249. The van der Waals surface area contributed by atoms with Gasteiger partial charge in [-0.3, -0.25) is 0 Å². The molecule has 0 aromatic heterocycles. The summed E-state index contributed by atoms with van der Waals surface area (Å²) in [6.45, 7) is 6.04. The topological polar surface area (TPSA) is 53.0 Å². The van der Waals surface area contributed by atoms with Crippen LogP contribution in [0.2, 0.25) is 0 Å². The largest absolute Gasteiger partial charge is 0.330 e. The van der Waals surface area contributed by atoms with Gasteiger partial charge in [0.05, 0.1) is 12.0 Å². The first-order valence-corrected chi connectivity index (χ1v) is 5.08. The highest BCUT2D eigenvalue weighted by atomic mass is 15.1. The van der Waals surface area contributed by atoms with Crippen LogP contribution < -0.4 is 5.73 Å². The van der Waals surface area contributed by atoms with E-state index in [2.05, 4.69) is 17.9 Å². The van der Waals surface area contributed by atoms with Crippen molar-refractivity contribution in [1.82, 2.24) is 4.90 Å². The number of nitrogens with zero attached hydrogens (tertiary/aromatic N) is 2. The van der Waals surface area contributed by atoms with E-state index in [9.17, 15) is 0 Å². The third-order valence-electron chi connectivity index (χ3n) is 2.66. The van der Waals surface area contributed by atoms with Crippen LogP contribution in [-0.4, -0.2) is 31.1 Å². The summed E-state index contributed by atoms with van der Waals surface area (Å²) in [5.74, 6) is 0.802. The molecule has 0 bridgehead atoms. The van der Waals surface area contributed by atoms with Crippen molar-refractivity contribution in [2.75, 3.05) is 26.2 Å². The average Bonchev–Trinajstić information content (AvgIpc) is 2.18. The van der Waals surface area contributed by atoms with Gasteiger partial charge in [-0.05, 0) is 31.8 Å². The second kappa shape index (κ2) is 5.21. The van der Waals surface area contributed by atoms with Crippen molar-refractivity contribution in [3.8, 4) is 6.07 Å². The smallest absolute Gasteiger partial charge is 0.0669 e. The molecule has 74 valence electrons. The predicted octanol–water partition coefficient (Wildman–Crippen LogP) is 0.817. The first-order valence-electron chi connectivity index (χ1n) is 5.08. The summed E-state index contributed by atoms with van der Waals surface area (Å²) in [7, 11) is 0. The van der Waals surface area contributed by atoms with Gasteiger partial charge in [0.15, 0.2) is 0 Å². The van der Waals surface area contributed by atoms with Gasteiger partial charge in [0.25, 0.3) is 0 Å². The van der Waals surface area contributed by atoms with Gasteiger partial charge in [0, 0.05) is 13.1 Å². The first-order chi connectivity index (χ1) is 6.26. The fourth-order valence-corrected chi connectivity index (χ4v) is 1.84.